The van der Waals surface area contributed by atoms with E-state index in [2.05, 4.69) is 26.6 Å². The minimum Gasteiger partial charge on any atom is -0.393 e. The molecule has 6 heteroatoms. The first-order valence-corrected chi connectivity index (χ1v) is 7.50. The highest BCUT2D eigenvalue weighted by atomic mass is 79.9. The van der Waals surface area contributed by atoms with E-state index in [1.54, 1.807) is 6.07 Å². The molecule has 1 saturated carbocycles. The van der Waals surface area contributed by atoms with Crippen molar-refractivity contribution in [2.75, 3.05) is 0 Å². The molecule has 0 spiro atoms. The molecule has 0 heterocycles. The number of aliphatic hydroxyl groups is 1. The zero-order valence-electron chi connectivity index (χ0n) is 11.0. The van der Waals surface area contributed by atoms with Crippen molar-refractivity contribution in [2.24, 2.45) is 0 Å². The number of nitrogens with one attached hydrogen (secondary N) is 2. The second kappa shape index (κ2) is 7.04. The number of aliphatic hydroxyl groups excluding tert-OH is 1. The van der Waals surface area contributed by atoms with Gasteiger partial charge in [0.05, 0.1) is 6.10 Å². The van der Waals surface area contributed by atoms with Crippen LogP contribution in [0.15, 0.2) is 22.7 Å². The summed E-state index contributed by atoms with van der Waals surface area (Å²) in [7, 11) is 0. The number of hydrogen-bond donors (Lipinski definition) is 3. The predicted molar refractivity (Wildman–Crippen MR) is 77.7 cm³/mol. The topological polar surface area (TPSA) is 61.4 Å². The summed E-state index contributed by atoms with van der Waals surface area (Å²) >= 11 is 3.32. The third-order valence-corrected chi connectivity index (χ3v) is 4.25. The third kappa shape index (κ3) is 4.45. The summed E-state index contributed by atoms with van der Waals surface area (Å²) in [6.07, 6.45) is 2.79. The van der Waals surface area contributed by atoms with Gasteiger partial charge in [-0.3, -0.25) is 0 Å². The second-order valence-corrected chi connectivity index (χ2v) is 5.92. The predicted octanol–water partition coefficient (Wildman–Crippen LogP) is 2.69. The molecule has 1 fully saturated rings. The fraction of sp³-hybridized carbons (Fsp3) is 0.500. The Bertz CT molecular complexity index is 476. The largest absolute Gasteiger partial charge is 0.393 e. The van der Waals surface area contributed by atoms with Gasteiger partial charge in [0, 0.05) is 17.1 Å². The quantitative estimate of drug-likeness (QED) is 0.789. The molecule has 1 aromatic rings. The standard InChI is InChI=1S/C14H18BrFN2O2/c15-13-6-1-10(16)7-9(13)8-17-14(20)18-11-2-4-12(19)5-3-11/h1,6-7,11-12,19H,2-5,8H2,(H2,17,18,20). The summed E-state index contributed by atoms with van der Waals surface area (Å²) in [5.41, 5.74) is 0.694. The number of halogens is 2. The molecular formula is C14H18BrFN2O2. The number of hydrogen-bond acceptors (Lipinski definition) is 2. The van der Waals surface area contributed by atoms with Crippen LogP contribution in [0.4, 0.5) is 9.18 Å². The van der Waals surface area contributed by atoms with Crippen LogP contribution in [0, 0.1) is 5.82 Å². The van der Waals surface area contributed by atoms with Gasteiger partial charge in [-0.15, -0.1) is 0 Å². The van der Waals surface area contributed by atoms with E-state index in [4.69, 9.17) is 0 Å². The van der Waals surface area contributed by atoms with Crippen molar-refractivity contribution in [3.63, 3.8) is 0 Å². The second-order valence-electron chi connectivity index (χ2n) is 5.07. The van der Waals surface area contributed by atoms with Gasteiger partial charge in [-0.05, 0) is 49.4 Å². The summed E-state index contributed by atoms with van der Waals surface area (Å²) in [6.45, 7) is 0.263. The summed E-state index contributed by atoms with van der Waals surface area (Å²) in [6, 6.07) is 4.21. The van der Waals surface area contributed by atoms with Crippen LogP contribution in [0.1, 0.15) is 31.2 Å². The highest BCUT2D eigenvalue weighted by molar-refractivity contribution is 9.10. The average Bonchev–Trinajstić information content (AvgIpc) is 2.42. The summed E-state index contributed by atoms with van der Waals surface area (Å²) in [5, 5.41) is 15.0. The van der Waals surface area contributed by atoms with Crippen LogP contribution in [0.3, 0.4) is 0 Å². The summed E-state index contributed by atoms with van der Waals surface area (Å²) < 4.78 is 13.9. The van der Waals surface area contributed by atoms with Gasteiger partial charge in [0.25, 0.3) is 0 Å². The molecular weight excluding hydrogens is 327 g/mol. The zero-order chi connectivity index (χ0) is 14.5. The van der Waals surface area contributed by atoms with Gasteiger partial charge < -0.3 is 15.7 Å². The number of urea groups is 1. The molecule has 2 rings (SSSR count). The van der Waals surface area contributed by atoms with Gasteiger partial charge in [0.15, 0.2) is 0 Å². The molecule has 0 aromatic heterocycles. The lowest BCUT2D eigenvalue weighted by molar-refractivity contribution is 0.117. The molecule has 110 valence electrons. The lowest BCUT2D eigenvalue weighted by Gasteiger charge is -2.26. The van der Waals surface area contributed by atoms with E-state index in [9.17, 15) is 14.3 Å². The molecule has 0 aliphatic heterocycles. The molecule has 0 unspecified atom stereocenters. The van der Waals surface area contributed by atoms with Crippen molar-refractivity contribution in [3.05, 3.63) is 34.1 Å². The number of rotatable bonds is 3. The van der Waals surface area contributed by atoms with Crippen LogP contribution < -0.4 is 10.6 Å². The van der Waals surface area contributed by atoms with E-state index < -0.39 is 0 Å². The van der Waals surface area contributed by atoms with Crippen molar-refractivity contribution in [1.29, 1.82) is 0 Å². The third-order valence-electron chi connectivity index (χ3n) is 3.48. The molecule has 0 atom stereocenters. The Kier molecular flexibility index (Phi) is 5.37. The highest BCUT2D eigenvalue weighted by Crippen LogP contribution is 2.19. The highest BCUT2D eigenvalue weighted by Gasteiger charge is 2.20. The Morgan fingerprint density at radius 2 is 2.05 bits per heavy atom. The Labute approximate surface area is 125 Å². The van der Waals surface area contributed by atoms with Crippen molar-refractivity contribution >= 4 is 22.0 Å². The summed E-state index contributed by atoms with van der Waals surface area (Å²) in [4.78, 5) is 11.8. The van der Waals surface area contributed by atoms with Crippen LogP contribution in [0.2, 0.25) is 0 Å². The first-order valence-electron chi connectivity index (χ1n) is 6.71. The van der Waals surface area contributed by atoms with Gasteiger partial charge in [0.2, 0.25) is 0 Å². The van der Waals surface area contributed by atoms with Crippen molar-refractivity contribution < 1.29 is 14.3 Å². The van der Waals surface area contributed by atoms with Gasteiger partial charge >= 0.3 is 6.03 Å². The van der Waals surface area contributed by atoms with Crippen molar-refractivity contribution in [2.45, 2.75) is 44.4 Å². The fourth-order valence-corrected chi connectivity index (χ4v) is 2.70. The Hall–Kier alpha value is -1.14. The maximum Gasteiger partial charge on any atom is 0.315 e. The maximum atomic E-state index is 13.1. The Morgan fingerprint density at radius 3 is 2.75 bits per heavy atom. The van der Waals surface area contributed by atoms with Crippen LogP contribution in [0.5, 0.6) is 0 Å². The van der Waals surface area contributed by atoms with Crippen LogP contribution >= 0.6 is 15.9 Å². The number of amides is 2. The molecule has 2 amide bonds. The maximum absolute atomic E-state index is 13.1. The van der Waals surface area contributed by atoms with E-state index in [1.807, 2.05) is 0 Å². The minimum absolute atomic E-state index is 0.106. The SMILES string of the molecule is O=C(NCc1cc(F)ccc1Br)NC1CCC(O)CC1. The molecule has 4 nitrogen and oxygen atoms in total. The number of carbonyl (C=O) groups is 1. The first-order chi connectivity index (χ1) is 9.54. The van der Waals surface area contributed by atoms with Crippen LogP contribution in [-0.2, 0) is 6.54 Å². The van der Waals surface area contributed by atoms with Gasteiger partial charge in [-0.25, -0.2) is 9.18 Å². The molecule has 3 N–H and O–H groups in total. The van der Waals surface area contributed by atoms with Gasteiger partial charge in [0.1, 0.15) is 5.82 Å². The first kappa shape index (κ1) is 15.3. The molecule has 0 radical (unpaired) electrons. The van der Waals surface area contributed by atoms with Crippen LogP contribution in [-0.4, -0.2) is 23.3 Å². The van der Waals surface area contributed by atoms with E-state index >= 15 is 0 Å². The number of benzene rings is 1. The van der Waals surface area contributed by atoms with E-state index in [0.29, 0.717) is 5.56 Å². The molecule has 0 bridgehead atoms. The lowest BCUT2D eigenvalue weighted by Crippen LogP contribution is -2.43. The van der Waals surface area contributed by atoms with Gasteiger partial charge in [-0.2, -0.15) is 0 Å². The van der Waals surface area contributed by atoms with Crippen molar-refractivity contribution in [3.8, 4) is 0 Å². The van der Waals surface area contributed by atoms with E-state index in [0.717, 1.165) is 30.2 Å². The molecule has 0 saturated heterocycles. The van der Waals surface area contributed by atoms with E-state index in [1.165, 1.54) is 12.1 Å². The molecule has 1 aromatic carbocycles. The zero-order valence-corrected chi connectivity index (χ0v) is 12.6. The monoisotopic (exact) mass is 344 g/mol. The molecule has 1 aliphatic rings. The lowest BCUT2D eigenvalue weighted by atomic mass is 9.93. The van der Waals surface area contributed by atoms with Crippen LogP contribution in [0.25, 0.3) is 0 Å². The average molecular weight is 345 g/mol. The van der Waals surface area contributed by atoms with Crippen molar-refractivity contribution in [1.82, 2.24) is 10.6 Å². The smallest absolute Gasteiger partial charge is 0.315 e. The minimum atomic E-state index is -0.327. The van der Waals surface area contributed by atoms with Gasteiger partial charge in [-0.1, -0.05) is 15.9 Å². The molecule has 1 aliphatic carbocycles. The number of carbonyl (C=O) groups excluding carboxylic acids is 1. The Morgan fingerprint density at radius 1 is 1.35 bits per heavy atom. The Balaban J connectivity index is 1.79. The normalized spacial score (nSPS) is 22.4. The van der Waals surface area contributed by atoms with E-state index in [-0.39, 0.29) is 30.5 Å². The molecule has 20 heavy (non-hydrogen) atoms. The summed E-state index contributed by atoms with van der Waals surface area (Å²) in [5.74, 6) is -0.327. The fourth-order valence-electron chi connectivity index (χ4n) is 2.31.